The molecule has 0 radical (unpaired) electrons. The van der Waals surface area contributed by atoms with Crippen LogP contribution in [0, 0.1) is 11.6 Å². The smallest absolute Gasteiger partial charge is 0.267 e. The third-order valence-corrected chi connectivity index (χ3v) is 1.47. The SMILES string of the molecule is FCOc1c(F)cc(F)cc1C(F)F. The Kier molecular flexibility index (Phi) is 3.27. The number of hydrogen-bond acceptors (Lipinski definition) is 1. The lowest BCUT2D eigenvalue weighted by molar-refractivity contribution is 0.132. The van der Waals surface area contributed by atoms with Crippen molar-refractivity contribution in [2.75, 3.05) is 6.86 Å². The van der Waals surface area contributed by atoms with Crippen LogP contribution in [-0.4, -0.2) is 6.86 Å². The second kappa shape index (κ2) is 4.26. The van der Waals surface area contributed by atoms with Gasteiger partial charge in [0.05, 0.1) is 5.56 Å². The molecule has 0 atom stereocenters. The van der Waals surface area contributed by atoms with Gasteiger partial charge in [-0.2, -0.15) is 0 Å². The molecule has 0 saturated carbocycles. The van der Waals surface area contributed by atoms with Crippen LogP contribution in [0.2, 0.25) is 0 Å². The topological polar surface area (TPSA) is 9.23 Å². The minimum absolute atomic E-state index is 0.344. The summed E-state index contributed by atoms with van der Waals surface area (Å²) in [7, 11) is 0. The first-order chi connectivity index (χ1) is 6.56. The van der Waals surface area contributed by atoms with Crippen molar-refractivity contribution in [2.24, 2.45) is 0 Å². The molecular formula is C8H5F5O. The lowest BCUT2D eigenvalue weighted by Gasteiger charge is -2.09. The van der Waals surface area contributed by atoms with Gasteiger partial charge < -0.3 is 4.74 Å². The summed E-state index contributed by atoms with van der Waals surface area (Å²) < 4.78 is 65.3. The van der Waals surface area contributed by atoms with Gasteiger partial charge in [-0.1, -0.05) is 0 Å². The van der Waals surface area contributed by atoms with Gasteiger partial charge in [0.15, 0.2) is 11.6 Å². The van der Waals surface area contributed by atoms with Gasteiger partial charge in [-0.3, -0.25) is 0 Å². The molecule has 14 heavy (non-hydrogen) atoms. The van der Waals surface area contributed by atoms with E-state index in [9.17, 15) is 22.0 Å². The highest BCUT2D eigenvalue weighted by atomic mass is 19.3. The van der Waals surface area contributed by atoms with Crippen LogP contribution in [0.4, 0.5) is 22.0 Å². The van der Waals surface area contributed by atoms with E-state index in [1.807, 2.05) is 0 Å². The Bertz CT molecular complexity index is 326. The van der Waals surface area contributed by atoms with Crippen molar-refractivity contribution in [3.8, 4) is 5.75 Å². The van der Waals surface area contributed by atoms with Gasteiger partial charge in [0.1, 0.15) is 5.82 Å². The van der Waals surface area contributed by atoms with Crippen LogP contribution in [-0.2, 0) is 0 Å². The highest BCUT2D eigenvalue weighted by Crippen LogP contribution is 2.32. The van der Waals surface area contributed by atoms with Crippen LogP contribution in [0.1, 0.15) is 12.0 Å². The third kappa shape index (κ3) is 2.12. The Morgan fingerprint density at radius 2 is 1.86 bits per heavy atom. The highest BCUT2D eigenvalue weighted by Gasteiger charge is 2.19. The summed E-state index contributed by atoms with van der Waals surface area (Å²) in [5.41, 5.74) is -1.000. The summed E-state index contributed by atoms with van der Waals surface area (Å²) in [6, 6.07) is 0.746. The van der Waals surface area contributed by atoms with Crippen molar-refractivity contribution in [1.29, 1.82) is 0 Å². The van der Waals surface area contributed by atoms with E-state index >= 15 is 0 Å². The van der Waals surface area contributed by atoms with Gasteiger partial charge in [-0.25, -0.2) is 22.0 Å². The summed E-state index contributed by atoms with van der Waals surface area (Å²) in [6.45, 7) is -1.46. The van der Waals surface area contributed by atoms with E-state index in [-0.39, 0.29) is 0 Å². The highest BCUT2D eigenvalue weighted by molar-refractivity contribution is 5.36. The van der Waals surface area contributed by atoms with Crippen LogP contribution in [0.3, 0.4) is 0 Å². The summed E-state index contributed by atoms with van der Waals surface area (Å²) in [6.07, 6.45) is -3.12. The second-order valence-electron chi connectivity index (χ2n) is 2.36. The zero-order valence-corrected chi connectivity index (χ0v) is 6.74. The maximum atomic E-state index is 12.8. The Balaban J connectivity index is 3.21. The van der Waals surface area contributed by atoms with Crippen molar-refractivity contribution in [1.82, 2.24) is 0 Å². The molecule has 0 aliphatic carbocycles. The fraction of sp³-hybridized carbons (Fsp3) is 0.250. The molecule has 0 saturated heterocycles. The van der Waals surface area contributed by atoms with Gasteiger partial charge in [0, 0.05) is 6.07 Å². The molecule has 0 fully saturated rings. The van der Waals surface area contributed by atoms with Crippen molar-refractivity contribution in [3.05, 3.63) is 29.3 Å². The monoisotopic (exact) mass is 212 g/mol. The number of halogens is 5. The summed E-state index contributed by atoms with van der Waals surface area (Å²) in [5.74, 6) is -3.47. The lowest BCUT2D eigenvalue weighted by atomic mass is 10.2. The molecule has 78 valence electrons. The molecule has 1 rings (SSSR count). The average Bonchev–Trinajstić information content (AvgIpc) is 2.09. The molecule has 1 nitrogen and oxygen atoms in total. The summed E-state index contributed by atoms with van der Waals surface area (Å²) in [4.78, 5) is 0. The maximum absolute atomic E-state index is 12.8. The Hall–Kier alpha value is -1.33. The molecule has 0 bridgehead atoms. The quantitative estimate of drug-likeness (QED) is 0.699. The third-order valence-electron chi connectivity index (χ3n) is 1.47. The van der Waals surface area contributed by atoms with Crippen LogP contribution >= 0.6 is 0 Å². The zero-order chi connectivity index (χ0) is 10.7. The van der Waals surface area contributed by atoms with Gasteiger partial charge >= 0.3 is 0 Å². The zero-order valence-electron chi connectivity index (χ0n) is 6.74. The first kappa shape index (κ1) is 10.7. The fourth-order valence-electron chi connectivity index (χ4n) is 0.949. The predicted molar refractivity (Wildman–Crippen MR) is 37.9 cm³/mol. The molecule has 1 aromatic carbocycles. The van der Waals surface area contributed by atoms with E-state index < -0.39 is 36.2 Å². The number of rotatable bonds is 3. The standard InChI is InChI=1S/C8H5F5O/c9-3-14-7-5(8(12)13)1-4(10)2-6(7)11/h1-2,8H,3H2. The van der Waals surface area contributed by atoms with E-state index in [4.69, 9.17) is 0 Å². The minimum atomic E-state index is -3.12. The van der Waals surface area contributed by atoms with Gasteiger partial charge in [0.2, 0.25) is 6.86 Å². The lowest BCUT2D eigenvalue weighted by Crippen LogP contribution is -2.00. The number of hydrogen-bond donors (Lipinski definition) is 0. The molecule has 0 unspecified atom stereocenters. The minimum Gasteiger partial charge on any atom is -0.459 e. The van der Waals surface area contributed by atoms with Gasteiger partial charge in [-0.05, 0) is 6.07 Å². The molecule has 0 N–H and O–H groups in total. The van der Waals surface area contributed by atoms with Gasteiger partial charge in [-0.15, -0.1) is 0 Å². The normalized spacial score (nSPS) is 10.7. The summed E-state index contributed by atoms with van der Waals surface area (Å²) >= 11 is 0. The van der Waals surface area contributed by atoms with Crippen LogP contribution in [0.5, 0.6) is 5.75 Å². The maximum Gasteiger partial charge on any atom is 0.267 e. The largest absolute Gasteiger partial charge is 0.459 e. The molecule has 0 amide bonds. The van der Waals surface area contributed by atoms with Crippen LogP contribution in [0.15, 0.2) is 12.1 Å². The van der Waals surface area contributed by atoms with Crippen LogP contribution in [0.25, 0.3) is 0 Å². The molecule has 0 aliphatic rings. The van der Waals surface area contributed by atoms with Crippen molar-refractivity contribution < 1.29 is 26.7 Å². The number of benzene rings is 1. The molecule has 1 aromatic rings. The average molecular weight is 212 g/mol. The molecule has 0 spiro atoms. The van der Waals surface area contributed by atoms with Crippen LogP contribution < -0.4 is 4.74 Å². The number of ether oxygens (including phenoxy) is 1. The second-order valence-corrected chi connectivity index (χ2v) is 2.36. The Labute approximate surface area is 76.1 Å². The molecule has 0 aliphatic heterocycles. The summed E-state index contributed by atoms with van der Waals surface area (Å²) in [5, 5.41) is 0. The van der Waals surface area contributed by atoms with E-state index in [0.29, 0.717) is 12.1 Å². The first-order valence-electron chi connectivity index (χ1n) is 3.52. The molecule has 0 heterocycles. The number of alkyl halides is 3. The Morgan fingerprint density at radius 3 is 2.36 bits per heavy atom. The first-order valence-corrected chi connectivity index (χ1v) is 3.52. The Morgan fingerprint density at radius 1 is 1.21 bits per heavy atom. The molecular weight excluding hydrogens is 207 g/mol. The van der Waals surface area contributed by atoms with E-state index in [0.717, 1.165) is 0 Å². The van der Waals surface area contributed by atoms with Crippen molar-refractivity contribution in [3.63, 3.8) is 0 Å². The van der Waals surface area contributed by atoms with Gasteiger partial charge in [0.25, 0.3) is 6.43 Å². The van der Waals surface area contributed by atoms with Crippen molar-refractivity contribution >= 4 is 0 Å². The van der Waals surface area contributed by atoms with E-state index in [2.05, 4.69) is 4.74 Å². The van der Waals surface area contributed by atoms with E-state index in [1.54, 1.807) is 0 Å². The van der Waals surface area contributed by atoms with Crippen molar-refractivity contribution in [2.45, 2.75) is 6.43 Å². The predicted octanol–water partition coefficient (Wildman–Crippen LogP) is 3.21. The van der Waals surface area contributed by atoms with E-state index in [1.165, 1.54) is 0 Å². The fourth-order valence-corrected chi connectivity index (χ4v) is 0.949. The molecule has 0 aromatic heterocycles. The molecule has 6 heteroatoms.